The third kappa shape index (κ3) is 4.27. The Balaban J connectivity index is 1.40. The van der Waals surface area contributed by atoms with Gasteiger partial charge in [-0.25, -0.2) is 0 Å². The lowest BCUT2D eigenvalue weighted by Gasteiger charge is -2.17. The molecule has 6 rings (SSSR count). The molecule has 5 aromatic heterocycles. The molecule has 5 heterocycles. The number of carbonyl (C=O) groups excluding carboxylic acids is 1. The van der Waals surface area contributed by atoms with Crippen molar-refractivity contribution in [2.24, 2.45) is 5.41 Å². The van der Waals surface area contributed by atoms with Gasteiger partial charge in [0.25, 0.3) is 0 Å². The second-order valence-electron chi connectivity index (χ2n) is 9.91. The SMILES string of the molecule is CC(C)(C)C(=O)Nc1cncc(-c2ccc3[nH]nc(-c4cc5c(-c6ccc(F)s6)nccc5[nH]4)c3c2)c1. The molecule has 9 heteroatoms. The molecule has 37 heavy (non-hydrogen) atoms. The summed E-state index contributed by atoms with van der Waals surface area (Å²) in [5.41, 5.74) is 6.07. The van der Waals surface area contributed by atoms with Crippen molar-refractivity contribution >= 4 is 44.7 Å². The Morgan fingerprint density at radius 1 is 0.946 bits per heavy atom. The number of nitrogens with zero attached hydrogens (tertiary/aromatic N) is 3. The zero-order chi connectivity index (χ0) is 25.7. The summed E-state index contributed by atoms with van der Waals surface area (Å²) in [5.74, 6) is -0.0722. The Kier molecular flexibility index (Phi) is 5.38. The van der Waals surface area contributed by atoms with E-state index in [-0.39, 0.29) is 11.0 Å². The fourth-order valence-corrected chi connectivity index (χ4v) is 4.94. The van der Waals surface area contributed by atoms with Crippen molar-refractivity contribution in [1.82, 2.24) is 25.1 Å². The van der Waals surface area contributed by atoms with Gasteiger partial charge < -0.3 is 10.3 Å². The minimum absolute atomic E-state index is 0.0722. The zero-order valence-electron chi connectivity index (χ0n) is 20.4. The van der Waals surface area contributed by atoms with Crippen molar-refractivity contribution in [1.29, 1.82) is 0 Å². The second kappa shape index (κ2) is 8.63. The molecule has 0 saturated carbocycles. The van der Waals surface area contributed by atoms with E-state index in [4.69, 9.17) is 0 Å². The quantitative estimate of drug-likeness (QED) is 0.237. The number of aromatic amines is 2. The highest BCUT2D eigenvalue weighted by atomic mass is 32.1. The van der Waals surface area contributed by atoms with Gasteiger partial charge in [0, 0.05) is 39.7 Å². The summed E-state index contributed by atoms with van der Waals surface area (Å²) in [4.78, 5) is 25.5. The molecule has 0 spiro atoms. The van der Waals surface area contributed by atoms with E-state index in [1.807, 2.05) is 51.1 Å². The molecule has 0 saturated heterocycles. The summed E-state index contributed by atoms with van der Waals surface area (Å²) in [6.45, 7) is 5.61. The van der Waals surface area contributed by atoms with Gasteiger partial charge in [0.2, 0.25) is 5.91 Å². The fraction of sp³-hybridized carbons (Fsp3) is 0.143. The lowest BCUT2D eigenvalue weighted by molar-refractivity contribution is -0.123. The number of amides is 1. The molecule has 7 nitrogen and oxygen atoms in total. The molecule has 6 aromatic rings. The number of aromatic nitrogens is 5. The van der Waals surface area contributed by atoms with Crippen LogP contribution in [-0.2, 0) is 4.79 Å². The van der Waals surface area contributed by atoms with Gasteiger partial charge >= 0.3 is 0 Å². The summed E-state index contributed by atoms with van der Waals surface area (Å²) in [7, 11) is 0. The van der Waals surface area contributed by atoms with Crippen LogP contribution in [0.15, 0.2) is 67.1 Å². The smallest absolute Gasteiger partial charge is 0.229 e. The number of fused-ring (bicyclic) bond motifs is 2. The number of anilines is 1. The molecule has 0 fully saturated rings. The van der Waals surface area contributed by atoms with Crippen LogP contribution in [0.2, 0.25) is 0 Å². The van der Waals surface area contributed by atoms with Crippen LogP contribution >= 0.6 is 11.3 Å². The van der Waals surface area contributed by atoms with E-state index in [9.17, 15) is 9.18 Å². The highest BCUT2D eigenvalue weighted by molar-refractivity contribution is 7.13. The predicted molar refractivity (Wildman–Crippen MR) is 146 cm³/mol. The first-order valence-corrected chi connectivity index (χ1v) is 12.6. The van der Waals surface area contributed by atoms with Crippen molar-refractivity contribution in [2.75, 3.05) is 5.32 Å². The first-order chi connectivity index (χ1) is 17.8. The van der Waals surface area contributed by atoms with E-state index in [1.165, 1.54) is 6.07 Å². The van der Waals surface area contributed by atoms with Crippen LogP contribution in [-0.4, -0.2) is 31.1 Å². The standard InChI is InChI=1S/C28H23FN6OS/c1-28(2,3)27(36)32-17-10-16(13-30-14-17)15-4-5-21-18(11-15)25(35-34-21)22-12-19-20(33-22)8-9-31-26(19)23-6-7-24(29)37-23/h4-14,33H,1-3H3,(H,32,36)(H,34,35). The van der Waals surface area contributed by atoms with Crippen molar-refractivity contribution in [3.63, 3.8) is 0 Å². The highest BCUT2D eigenvalue weighted by Crippen LogP contribution is 2.36. The molecular weight excluding hydrogens is 487 g/mol. The highest BCUT2D eigenvalue weighted by Gasteiger charge is 2.21. The summed E-state index contributed by atoms with van der Waals surface area (Å²) < 4.78 is 13.7. The second-order valence-corrected chi connectivity index (χ2v) is 10.9. The number of halogens is 1. The Morgan fingerprint density at radius 3 is 2.57 bits per heavy atom. The molecule has 0 bridgehead atoms. The van der Waals surface area contributed by atoms with Crippen LogP contribution in [0.25, 0.3) is 54.9 Å². The summed E-state index contributed by atoms with van der Waals surface area (Å²) >= 11 is 1.07. The first kappa shape index (κ1) is 23.1. The lowest BCUT2D eigenvalue weighted by Crippen LogP contribution is -2.27. The van der Waals surface area contributed by atoms with Gasteiger partial charge in [0.1, 0.15) is 5.69 Å². The number of nitrogens with one attached hydrogen (secondary N) is 3. The monoisotopic (exact) mass is 510 g/mol. The van der Waals surface area contributed by atoms with Gasteiger partial charge in [-0.1, -0.05) is 26.8 Å². The normalized spacial score (nSPS) is 11.9. The zero-order valence-corrected chi connectivity index (χ0v) is 21.2. The molecule has 1 aromatic carbocycles. The maximum Gasteiger partial charge on any atom is 0.229 e. The molecule has 1 amide bonds. The van der Waals surface area contributed by atoms with Crippen LogP contribution in [0.5, 0.6) is 0 Å². The van der Waals surface area contributed by atoms with E-state index < -0.39 is 5.41 Å². The van der Waals surface area contributed by atoms with E-state index in [0.717, 1.165) is 66.2 Å². The number of hydrogen-bond donors (Lipinski definition) is 3. The molecule has 0 unspecified atom stereocenters. The Hall–Kier alpha value is -4.37. The third-order valence-electron chi connectivity index (χ3n) is 6.18. The molecule has 3 N–H and O–H groups in total. The van der Waals surface area contributed by atoms with Crippen molar-refractivity contribution < 1.29 is 9.18 Å². The Morgan fingerprint density at radius 2 is 1.78 bits per heavy atom. The fourth-order valence-electron chi connectivity index (χ4n) is 4.20. The maximum atomic E-state index is 13.7. The van der Waals surface area contributed by atoms with Crippen molar-refractivity contribution in [3.05, 3.63) is 72.3 Å². The summed E-state index contributed by atoms with van der Waals surface area (Å²) in [6.07, 6.45) is 5.13. The van der Waals surface area contributed by atoms with Crippen LogP contribution in [0, 0.1) is 10.5 Å². The van der Waals surface area contributed by atoms with Crippen LogP contribution < -0.4 is 5.32 Å². The summed E-state index contributed by atoms with van der Waals surface area (Å²) in [5, 5.41) is 12.2. The molecule has 0 aliphatic heterocycles. The molecule has 0 aliphatic carbocycles. The lowest BCUT2D eigenvalue weighted by atomic mass is 9.95. The Labute approximate surface area is 215 Å². The number of rotatable bonds is 4. The number of benzene rings is 1. The first-order valence-electron chi connectivity index (χ1n) is 11.7. The maximum absolute atomic E-state index is 13.7. The topological polar surface area (TPSA) is 99.3 Å². The van der Waals surface area contributed by atoms with Crippen LogP contribution in [0.4, 0.5) is 10.1 Å². The molecule has 0 radical (unpaired) electrons. The van der Waals surface area contributed by atoms with E-state index in [1.54, 1.807) is 24.7 Å². The number of hydrogen-bond acceptors (Lipinski definition) is 5. The van der Waals surface area contributed by atoms with E-state index >= 15 is 0 Å². The van der Waals surface area contributed by atoms with Crippen molar-refractivity contribution in [2.45, 2.75) is 20.8 Å². The van der Waals surface area contributed by atoms with Gasteiger partial charge in [-0.05, 0) is 48.0 Å². The minimum atomic E-state index is -0.507. The number of pyridine rings is 2. The molecular formula is C28H23FN6OS. The van der Waals surface area contributed by atoms with Gasteiger partial charge in [0.15, 0.2) is 5.13 Å². The molecule has 184 valence electrons. The number of thiophene rings is 1. The predicted octanol–water partition coefficient (Wildman–Crippen LogP) is 7.02. The third-order valence-corrected chi connectivity index (χ3v) is 7.06. The van der Waals surface area contributed by atoms with Gasteiger partial charge in [0.05, 0.1) is 33.7 Å². The van der Waals surface area contributed by atoms with Gasteiger partial charge in [-0.3, -0.25) is 19.9 Å². The van der Waals surface area contributed by atoms with Crippen molar-refractivity contribution in [3.8, 4) is 33.1 Å². The Bertz CT molecular complexity index is 1790. The van der Waals surface area contributed by atoms with Gasteiger partial charge in [-0.2, -0.15) is 9.49 Å². The number of H-pyrrole nitrogens is 2. The molecule has 0 aliphatic rings. The largest absolute Gasteiger partial charge is 0.353 e. The van der Waals surface area contributed by atoms with Crippen LogP contribution in [0.3, 0.4) is 0 Å². The van der Waals surface area contributed by atoms with Gasteiger partial charge in [-0.15, -0.1) is 11.3 Å². The van der Waals surface area contributed by atoms with E-state index in [2.05, 4.69) is 36.5 Å². The minimum Gasteiger partial charge on any atom is -0.353 e. The van der Waals surface area contributed by atoms with Crippen LogP contribution in [0.1, 0.15) is 20.8 Å². The average molecular weight is 511 g/mol. The molecule has 0 atom stereocenters. The van der Waals surface area contributed by atoms with E-state index in [0.29, 0.717) is 5.69 Å². The average Bonchev–Trinajstić information content (AvgIpc) is 3.60. The summed E-state index contributed by atoms with van der Waals surface area (Å²) in [6, 6.07) is 15.0. The number of carbonyl (C=O) groups is 1.